The van der Waals surface area contributed by atoms with Crippen LogP contribution in [0.15, 0.2) is 36.5 Å². The topological polar surface area (TPSA) is 51.6 Å². The Labute approximate surface area is 116 Å². The Morgan fingerprint density at radius 3 is 2.21 bits per heavy atom. The molecule has 19 heavy (non-hydrogen) atoms. The summed E-state index contributed by atoms with van der Waals surface area (Å²) >= 11 is 5.77. The number of aliphatic hydroxyl groups excluding tert-OH is 1. The molecule has 0 amide bonds. The summed E-state index contributed by atoms with van der Waals surface area (Å²) in [5, 5.41) is 10.8. The molecule has 0 aliphatic carbocycles. The third kappa shape index (κ3) is 3.16. The second kappa shape index (κ2) is 5.91. The van der Waals surface area contributed by atoms with Crippen molar-refractivity contribution in [3.8, 4) is 11.5 Å². The molecule has 1 atom stereocenters. The van der Waals surface area contributed by atoms with Crippen molar-refractivity contribution in [3.63, 3.8) is 0 Å². The summed E-state index contributed by atoms with van der Waals surface area (Å²) < 4.78 is 10.3. The van der Waals surface area contributed by atoms with E-state index in [4.69, 9.17) is 21.1 Å². The normalized spacial score (nSPS) is 12.0. The molecule has 1 aromatic heterocycles. The molecule has 0 aliphatic heterocycles. The summed E-state index contributed by atoms with van der Waals surface area (Å²) in [7, 11) is 3.12. The summed E-state index contributed by atoms with van der Waals surface area (Å²) in [5.41, 5.74) is 1.16. The van der Waals surface area contributed by atoms with E-state index in [0.717, 1.165) is 0 Å². The molecule has 0 fully saturated rings. The highest BCUT2D eigenvalue weighted by Gasteiger charge is 2.14. The molecule has 0 spiro atoms. The number of rotatable bonds is 4. The Kier molecular flexibility index (Phi) is 4.24. The molecule has 0 saturated carbocycles. The highest BCUT2D eigenvalue weighted by molar-refractivity contribution is 6.30. The Hall–Kier alpha value is -1.78. The first kappa shape index (κ1) is 13.6. The molecule has 0 bridgehead atoms. The first-order valence-corrected chi connectivity index (χ1v) is 6.04. The van der Waals surface area contributed by atoms with Gasteiger partial charge >= 0.3 is 0 Å². The number of aliphatic hydroxyl groups is 1. The van der Waals surface area contributed by atoms with Gasteiger partial charge < -0.3 is 14.6 Å². The molecule has 2 aromatic rings. The predicted octanol–water partition coefficient (Wildman–Crippen LogP) is 2.83. The SMILES string of the molecule is COc1cc(OC)cc(C(O)c2ccc(Cl)cn2)c1. The van der Waals surface area contributed by atoms with Gasteiger partial charge in [-0.1, -0.05) is 11.6 Å². The zero-order valence-corrected chi connectivity index (χ0v) is 11.4. The van der Waals surface area contributed by atoms with Gasteiger partial charge in [0, 0.05) is 12.3 Å². The van der Waals surface area contributed by atoms with Crippen LogP contribution >= 0.6 is 11.6 Å². The quantitative estimate of drug-likeness (QED) is 0.935. The predicted molar refractivity (Wildman–Crippen MR) is 72.9 cm³/mol. The smallest absolute Gasteiger partial charge is 0.122 e. The van der Waals surface area contributed by atoms with Crippen molar-refractivity contribution in [2.24, 2.45) is 0 Å². The average molecular weight is 280 g/mol. The molecule has 1 aromatic carbocycles. The van der Waals surface area contributed by atoms with Crippen molar-refractivity contribution in [1.29, 1.82) is 0 Å². The molecule has 5 heteroatoms. The van der Waals surface area contributed by atoms with Gasteiger partial charge in [-0.25, -0.2) is 0 Å². The van der Waals surface area contributed by atoms with Crippen LogP contribution in [-0.2, 0) is 0 Å². The largest absolute Gasteiger partial charge is 0.497 e. The summed E-state index contributed by atoms with van der Waals surface area (Å²) in [6.45, 7) is 0. The molecular formula is C14H14ClNO3. The number of benzene rings is 1. The second-order valence-corrected chi connectivity index (χ2v) is 4.39. The lowest BCUT2D eigenvalue weighted by Crippen LogP contribution is -2.03. The lowest BCUT2D eigenvalue weighted by atomic mass is 10.1. The fraction of sp³-hybridized carbons (Fsp3) is 0.214. The van der Waals surface area contributed by atoms with Gasteiger partial charge in [0.1, 0.15) is 17.6 Å². The highest BCUT2D eigenvalue weighted by atomic mass is 35.5. The van der Waals surface area contributed by atoms with Crippen molar-refractivity contribution >= 4 is 11.6 Å². The minimum Gasteiger partial charge on any atom is -0.497 e. The van der Waals surface area contributed by atoms with E-state index >= 15 is 0 Å². The van der Waals surface area contributed by atoms with Crippen LogP contribution in [0.2, 0.25) is 5.02 Å². The molecule has 0 radical (unpaired) electrons. The van der Waals surface area contributed by atoms with E-state index in [0.29, 0.717) is 27.8 Å². The minimum absolute atomic E-state index is 0.514. The number of hydrogen-bond donors (Lipinski definition) is 1. The zero-order chi connectivity index (χ0) is 13.8. The second-order valence-electron chi connectivity index (χ2n) is 3.95. The average Bonchev–Trinajstić information content (AvgIpc) is 2.46. The van der Waals surface area contributed by atoms with Crippen LogP contribution in [0.1, 0.15) is 17.4 Å². The molecular weight excluding hydrogens is 266 g/mol. The third-order valence-corrected chi connectivity index (χ3v) is 2.94. The number of halogens is 1. The van der Waals surface area contributed by atoms with Gasteiger partial charge in [0.15, 0.2) is 0 Å². The van der Waals surface area contributed by atoms with Crippen LogP contribution < -0.4 is 9.47 Å². The Bertz CT molecular complexity index is 535. The molecule has 100 valence electrons. The monoisotopic (exact) mass is 279 g/mol. The fourth-order valence-electron chi connectivity index (χ4n) is 1.71. The van der Waals surface area contributed by atoms with Crippen molar-refractivity contribution in [2.45, 2.75) is 6.10 Å². The van der Waals surface area contributed by atoms with Crippen LogP contribution in [0.3, 0.4) is 0 Å². The molecule has 1 heterocycles. The molecule has 1 N–H and O–H groups in total. The van der Waals surface area contributed by atoms with Crippen LogP contribution in [0.4, 0.5) is 0 Å². The third-order valence-electron chi connectivity index (χ3n) is 2.72. The number of aromatic nitrogens is 1. The maximum absolute atomic E-state index is 10.3. The van der Waals surface area contributed by atoms with E-state index in [9.17, 15) is 5.11 Å². The van der Waals surface area contributed by atoms with Crippen LogP contribution in [0.5, 0.6) is 11.5 Å². The summed E-state index contributed by atoms with van der Waals surface area (Å²) in [5.74, 6) is 1.23. The number of ether oxygens (including phenoxy) is 2. The molecule has 0 saturated heterocycles. The maximum atomic E-state index is 10.3. The summed E-state index contributed by atoms with van der Waals surface area (Å²) in [6.07, 6.45) is 0.638. The molecule has 4 nitrogen and oxygen atoms in total. The first-order valence-electron chi connectivity index (χ1n) is 5.66. The number of methoxy groups -OCH3 is 2. The lowest BCUT2D eigenvalue weighted by Gasteiger charge is -2.13. The standard InChI is InChI=1S/C14H14ClNO3/c1-18-11-5-9(6-12(7-11)19-2)14(17)13-4-3-10(15)8-16-13/h3-8,14,17H,1-2H3. The molecule has 0 aliphatic rings. The molecule has 1 unspecified atom stereocenters. The van der Waals surface area contributed by atoms with Gasteiger partial charge in [-0.15, -0.1) is 0 Å². The maximum Gasteiger partial charge on any atom is 0.122 e. The van der Waals surface area contributed by atoms with Crippen molar-refractivity contribution in [3.05, 3.63) is 52.8 Å². The lowest BCUT2D eigenvalue weighted by molar-refractivity contribution is 0.214. The highest BCUT2D eigenvalue weighted by Crippen LogP contribution is 2.29. The van der Waals surface area contributed by atoms with E-state index in [-0.39, 0.29) is 0 Å². The van der Waals surface area contributed by atoms with Gasteiger partial charge in [0.25, 0.3) is 0 Å². The Morgan fingerprint density at radius 2 is 1.74 bits per heavy atom. The minimum atomic E-state index is -0.860. The number of pyridine rings is 1. The number of nitrogens with zero attached hydrogens (tertiary/aromatic N) is 1. The fourth-order valence-corrected chi connectivity index (χ4v) is 1.82. The van der Waals surface area contributed by atoms with Gasteiger partial charge in [0.05, 0.1) is 24.9 Å². The van der Waals surface area contributed by atoms with E-state index in [2.05, 4.69) is 4.98 Å². The van der Waals surface area contributed by atoms with Crippen LogP contribution in [0, 0.1) is 0 Å². The van der Waals surface area contributed by atoms with Crippen molar-refractivity contribution in [1.82, 2.24) is 4.98 Å². The van der Waals surface area contributed by atoms with Gasteiger partial charge in [-0.3, -0.25) is 4.98 Å². The van der Waals surface area contributed by atoms with Crippen molar-refractivity contribution < 1.29 is 14.6 Å². The van der Waals surface area contributed by atoms with Crippen molar-refractivity contribution in [2.75, 3.05) is 14.2 Å². The Morgan fingerprint density at radius 1 is 1.11 bits per heavy atom. The van der Waals surface area contributed by atoms with E-state index in [1.165, 1.54) is 6.20 Å². The van der Waals surface area contributed by atoms with Gasteiger partial charge in [0.2, 0.25) is 0 Å². The van der Waals surface area contributed by atoms with E-state index < -0.39 is 6.10 Å². The van der Waals surface area contributed by atoms with E-state index in [1.807, 2.05) is 0 Å². The van der Waals surface area contributed by atoms with Crippen LogP contribution in [-0.4, -0.2) is 24.3 Å². The van der Waals surface area contributed by atoms with Crippen LogP contribution in [0.25, 0.3) is 0 Å². The summed E-state index contributed by atoms with van der Waals surface area (Å²) in [4.78, 5) is 4.10. The van der Waals surface area contributed by atoms with Gasteiger partial charge in [-0.2, -0.15) is 0 Å². The molecule has 2 rings (SSSR count). The summed E-state index contributed by atoms with van der Waals surface area (Å²) in [6, 6.07) is 8.59. The zero-order valence-electron chi connectivity index (χ0n) is 10.6. The first-order chi connectivity index (χ1) is 9.13. The van der Waals surface area contributed by atoms with E-state index in [1.54, 1.807) is 44.6 Å². The Balaban J connectivity index is 2.37. The van der Waals surface area contributed by atoms with Gasteiger partial charge in [-0.05, 0) is 29.8 Å². The number of hydrogen-bond acceptors (Lipinski definition) is 4.